The number of ketones is 1. The highest BCUT2D eigenvalue weighted by Gasteiger charge is 2.63. The number of benzene rings is 1. The smallest absolute Gasteiger partial charge is 0.191 e. The summed E-state index contributed by atoms with van der Waals surface area (Å²) in [6.07, 6.45) is 6.34. The Kier molecular flexibility index (Phi) is 5.30. The zero-order valence-electron chi connectivity index (χ0n) is 17.5. The lowest BCUT2D eigenvalue weighted by Gasteiger charge is -2.54. The van der Waals surface area contributed by atoms with Gasteiger partial charge in [-0.15, -0.1) is 0 Å². The first kappa shape index (κ1) is 20.5. The van der Waals surface area contributed by atoms with E-state index < -0.39 is 13.9 Å². The van der Waals surface area contributed by atoms with Crippen LogP contribution in [0, 0.1) is 5.41 Å². The van der Waals surface area contributed by atoms with Gasteiger partial charge < -0.3 is 9.53 Å². The molecule has 4 heteroatoms. The third-order valence-electron chi connectivity index (χ3n) is 7.33. The number of allylic oxidation sites excluding steroid dienone is 1. The number of carbonyl (C=O) groups excluding carboxylic acids is 1. The summed E-state index contributed by atoms with van der Waals surface area (Å²) in [7, 11) is -1.73. The molecule has 1 aromatic carbocycles. The Morgan fingerprint density at radius 2 is 1.85 bits per heavy atom. The lowest BCUT2D eigenvalue weighted by molar-refractivity contribution is -0.130. The molecule has 0 spiro atoms. The van der Waals surface area contributed by atoms with E-state index in [4.69, 9.17) is 4.43 Å². The Morgan fingerprint density at radius 1 is 1.19 bits per heavy atom. The quantitative estimate of drug-likeness (QED) is 0.382. The first-order chi connectivity index (χ1) is 12.5. The maximum Gasteiger partial charge on any atom is 0.191 e. The molecule has 2 atom stereocenters. The molecule has 2 aliphatic carbocycles. The van der Waals surface area contributed by atoms with E-state index in [-0.39, 0.29) is 16.2 Å². The first-order valence-electron chi connectivity index (χ1n) is 10.2. The van der Waals surface area contributed by atoms with Crippen molar-refractivity contribution in [2.75, 3.05) is 6.61 Å². The fraction of sp³-hybridized carbons (Fsp3) is 0.609. The molecule has 1 fully saturated rings. The number of hydrogen-bond donors (Lipinski definition) is 1. The molecule has 27 heavy (non-hydrogen) atoms. The number of hydrogen-bond acceptors (Lipinski definition) is 3. The molecule has 0 aliphatic heterocycles. The van der Waals surface area contributed by atoms with E-state index in [0.717, 1.165) is 32.3 Å². The van der Waals surface area contributed by atoms with Crippen molar-refractivity contribution in [1.82, 2.24) is 0 Å². The summed E-state index contributed by atoms with van der Waals surface area (Å²) in [5.74, 6) is -0.0165. The van der Waals surface area contributed by atoms with Crippen molar-refractivity contribution in [3.8, 4) is 0 Å². The normalized spacial score (nSPS) is 27.7. The molecule has 148 valence electrons. The van der Waals surface area contributed by atoms with Gasteiger partial charge in [-0.1, -0.05) is 57.2 Å². The maximum absolute atomic E-state index is 12.9. The second-order valence-electron chi connectivity index (χ2n) is 9.87. The van der Waals surface area contributed by atoms with Gasteiger partial charge in [-0.05, 0) is 50.2 Å². The van der Waals surface area contributed by atoms with Crippen molar-refractivity contribution in [3.63, 3.8) is 0 Å². The van der Waals surface area contributed by atoms with E-state index >= 15 is 0 Å². The van der Waals surface area contributed by atoms with Crippen LogP contribution in [0.2, 0.25) is 18.1 Å². The third kappa shape index (κ3) is 3.48. The van der Waals surface area contributed by atoms with Gasteiger partial charge in [0.1, 0.15) is 0 Å². The number of rotatable bonds is 7. The van der Waals surface area contributed by atoms with Crippen molar-refractivity contribution in [1.29, 1.82) is 0 Å². The zero-order chi connectivity index (χ0) is 19.9. The van der Waals surface area contributed by atoms with Gasteiger partial charge >= 0.3 is 0 Å². The summed E-state index contributed by atoms with van der Waals surface area (Å²) >= 11 is 0. The highest BCUT2D eigenvalue weighted by molar-refractivity contribution is 6.74. The molecule has 3 rings (SSSR count). The molecule has 2 aliphatic rings. The van der Waals surface area contributed by atoms with E-state index in [2.05, 4.69) is 33.9 Å². The van der Waals surface area contributed by atoms with E-state index in [0.29, 0.717) is 17.6 Å². The molecule has 0 amide bonds. The molecule has 3 nitrogen and oxygen atoms in total. The zero-order valence-corrected chi connectivity index (χ0v) is 18.5. The first-order valence-corrected chi connectivity index (χ1v) is 13.1. The average molecular weight is 387 g/mol. The van der Waals surface area contributed by atoms with Crippen molar-refractivity contribution in [2.24, 2.45) is 5.41 Å². The van der Waals surface area contributed by atoms with Crippen molar-refractivity contribution in [2.45, 2.75) is 76.6 Å². The molecule has 0 bridgehead atoms. The van der Waals surface area contributed by atoms with Crippen LogP contribution in [-0.2, 0) is 4.43 Å². The van der Waals surface area contributed by atoms with Gasteiger partial charge in [0.2, 0.25) is 0 Å². The van der Waals surface area contributed by atoms with Crippen LogP contribution in [0.15, 0.2) is 42.0 Å². The number of carbonyl (C=O) groups is 1. The average Bonchev–Trinajstić information content (AvgIpc) is 2.79. The van der Waals surface area contributed by atoms with Gasteiger partial charge in [-0.2, -0.15) is 0 Å². The summed E-state index contributed by atoms with van der Waals surface area (Å²) in [5.41, 5.74) is 0.173. The van der Waals surface area contributed by atoms with Crippen molar-refractivity contribution >= 4 is 14.1 Å². The fourth-order valence-corrected chi connectivity index (χ4v) is 5.37. The number of aliphatic hydroxyl groups is 1. The monoisotopic (exact) mass is 386 g/mol. The Hall–Kier alpha value is -1.23. The highest BCUT2D eigenvalue weighted by Crippen LogP contribution is 2.63. The van der Waals surface area contributed by atoms with Gasteiger partial charge in [0.05, 0.1) is 5.60 Å². The van der Waals surface area contributed by atoms with Gasteiger partial charge in [-0.3, -0.25) is 4.79 Å². The molecule has 0 aromatic heterocycles. The van der Waals surface area contributed by atoms with Gasteiger partial charge in [0, 0.05) is 23.2 Å². The predicted octanol–water partition coefficient (Wildman–Crippen LogP) is 5.51. The molecule has 1 saturated carbocycles. The highest BCUT2D eigenvalue weighted by atomic mass is 28.4. The van der Waals surface area contributed by atoms with Crippen LogP contribution in [0.25, 0.3) is 0 Å². The molecule has 0 radical (unpaired) electrons. The van der Waals surface area contributed by atoms with Crippen LogP contribution in [0.4, 0.5) is 0 Å². The minimum Gasteiger partial charge on any atom is -0.417 e. The van der Waals surface area contributed by atoms with Gasteiger partial charge in [-0.25, -0.2) is 0 Å². The summed E-state index contributed by atoms with van der Waals surface area (Å²) in [6, 6.07) is 9.32. The topological polar surface area (TPSA) is 46.5 Å². The third-order valence-corrected chi connectivity index (χ3v) is 11.9. The fourth-order valence-electron chi connectivity index (χ4n) is 4.29. The minimum atomic E-state index is -1.73. The molecule has 0 heterocycles. The van der Waals surface area contributed by atoms with E-state index in [1.165, 1.54) is 0 Å². The Labute approximate surface area is 165 Å². The van der Waals surface area contributed by atoms with Gasteiger partial charge in [0.25, 0.3) is 0 Å². The second kappa shape index (κ2) is 6.98. The molecule has 1 N–H and O–H groups in total. The minimum absolute atomic E-state index is 0.0165. The van der Waals surface area contributed by atoms with Crippen molar-refractivity contribution < 1.29 is 14.3 Å². The molecule has 0 saturated heterocycles. The second-order valence-corrected chi connectivity index (χ2v) is 14.7. The summed E-state index contributed by atoms with van der Waals surface area (Å²) < 4.78 is 6.31. The van der Waals surface area contributed by atoms with Crippen LogP contribution in [0.3, 0.4) is 0 Å². The van der Waals surface area contributed by atoms with Gasteiger partial charge in [0.15, 0.2) is 14.1 Å². The lowest BCUT2D eigenvalue weighted by Crippen LogP contribution is -2.56. The largest absolute Gasteiger partial charge is 0.417 e. The molecular formula is C23H34O3Si. The van der Waals surface area contributed by atoms with Crippen LogP contribution >= 0.6 is 0 Å². The Balaban J connectivity index is 1.61. The van der Waals surface area contributed by atoms with E-state index in [1.807, 2.05) is 36.4 Å². The summed E-state index contributed by atoms with van der Waals surface area (Å²) in [4.78, 5) is 12.9. The summed E-state index contributed by atoms with van der Waals surface area (Å²) in [5, 5.41) is 11.6. The predicted molar refractivity (Wildman–Crippen MR) is 112 cm³/mol. The van der Waals surface area contributed by atoms with Crippen LogP contribution in [-0.4, -0.2) is 31.4 Å². The van der Waals surface area contributed by atoms with E-state index in [1.54, 1.807) is 0 Å². The molecular weight excluding hydrogens is 352 g/mol. The van der Waals surface area contributed by atoms with Crippen LogP contribution in [0.5, 0.6) is 0 Å². The van der Waals surface area contributed by atoms with E-state index in [9.17, 15) is 9.90 Å². The van der Waals surface area contributed by atoms with Crippen LogP contribution in [0.1, 0.15) is 63.2 Å². The standard InChI is InChI=1S/C23H34O3Si/c1-21(2,3)27(4,5)26-17-9-13-22-14-12-19(23(22,25)16-15-22)20(24)18-10-7-6-8-11-18/h6-8,10-12,25H,9,13-17H2,1-5H3/t22-,23+/m1/s1. The van der Waals surface area contributed by atoms with Crippen LogP contribution < -0.4 is 0 Å². The SMILES string of the molecule is CC(C)(C)[Si](C)(C)OCCC[C@]12CC=C(C(=O)c3ccccc3)[C@@]1(O)CC2. The lowest BCUT2D eigenvalue weighted by atomic mass is 9.54. The Bertz CT molecular complexity index is 732. The number of fused-ring (bicyclic) bond motifs is 1. The Morgan fingerprint density at radius 3 is 2.41 bits per heavy atom. The van der Waals surface area contributed by atoms with Crippen molar-refractivity contribution in [3.05, 3.63) is 47.5 Å². The maximum atomic E-state index is 12.9. The summed E-state index contributed by atoms with van der Waals surface area (Å²) in [6.45, 7) is 12.1. The number of Topliss-reactive ketones (excluding diaryl/α,β-unsaturated/α-hetero) is 1. The molecule has 1 aromatic rings. The molecule has 0 unspecified atom stereocenters.